The number of nitrogens with one attached hydrogen (secondary N) is 2. The molecule has 2 saturated carbocycles. The van der Waals surface area contributed by atoms with Gasteiger partial charge in [-0.25, -0.2) is 0 Å². The highest BCUT2D eigenvalue weighted by atomic mass is 16.2. The van der Waals surface area contributed by atoms with Crippen LogP contribution in [0.4, 0.5) is 0 Å². The fraction of sp³-hybridized carbons (Fsp3) is 0.895. The number of rotatable bonds is 4. The molecule has 0 bridgehead atoms. The van der Waals surface area contributed by atoms with Gasteiger partial charge < -0.3 is 10.6 Å². The number of hydrogen-bond donors (Lipinski definition) is 2. The van der Waals surface area contributed by atoms with Crippen molar-refractivity contribution < 1.29 is 9.59 Å². The molecule has 2 rings (SSSR count). The summed E-state index contributed by atoms with van der Waals surface area (Å²) in [5.41, 5.74) is 0. The summed E-state index contributed by atoms with van der Waals surface area (Å²) in [6, 6.07) is 0.823. The quantitative estimate of drug-likeness (QED) is 0.819. The molecule has 23 heavy (non-hydrogen) atoms. The number of carbonyl (C=O) groups is 2. The van der Waals surface area contributed by atoms with Crippen molar-refractivity contribution >= 4 is 11.8 Å². The zero-order valence-electron chi connectivity index (χ0n) is 13.5. The topological polar surface area (TPSA) is 58.2 Å². The molecule has 2 aliphatic rings. The smallest absolute Gasteiger partial charge is 0.217 e. The Balaban J connectivity index is 0.00000242. The SMILES string of the molecule is C.C.CC(=O)NC1CCC(CC2CCC(NC(C)=O)CC2)CC1. The Hall–Kier alpha value is -1.06. The van der Waals surface area contributed by atoms with Crippen molar-refractivity contribution in [2.45, 2.75) is 98.6 Å². The van der Waals surface area contributed by atoms with Crippen LogP contribution in [0.3, 0.4) is 0 Å². The van der Waals surface area contributed by atoms with Crippen molar-refractivity contribution in [3.63, 3.8) is 0 Å². The molecule has 0 aliphatic heterocycles. The van der Waals surface area contributed by atoms with E-state index in [1.165, 1.54) is 32.1 Å². The molecule has 2 fully saturated rings. The van der Waals surface area contributed by atoms with Crippen LogP contribution in [0.1, 0.15) is 86.5 Å². The third-order valence-electron chi connectivity index (χ3n) is 5.17. The van der Waals surface area contributed by atoms with Gasteiger partial charge in [-0.3, -0.25) is 9.59 Å². The lowest BCUT2D eigenvalue weighted by Gasteiger charge is -2.34. The zero-order chi connectivity index (χ0) is 15.2. The molecule has 0 unspecified atom stereocenters. The minimum absolute atomic E-state index is 0. The summed E-state index contributed by atoms with van der Waals surface area (Å²) in [5, 5.41) is 6.10. The summed E-state index contributed by atoms with van der Waals surface area (Å²) in [5.74, 6) is 1.90. The predicted octanol–water partition coefficient (Wildman–Crippen LogP) is 4.04. The third kappa shape index (κ3) is 7.85. The van der Waals surface area contributed by atoms with E-state index >= 15 is 0 Å². The average Bonchev–Trinajstić information content (AvgIpc) is 2.42. The van der Waals surface area contributed by atoms with Gasteiger partial charge in [-0.1, -0.05) is 14.9 Å². The van der Waals surface area contributed by atoms with E-state index in [1.807, 2.05) is 0 Å². The molecule has 136 valence electrons. The summed E-state index contributed by atoms with van der Waals surface area (Å²) >= 11 is 0. The van der Waals surface area contributed by atoms with Gasteiger partial charge >= 0.3 is 0 Å². The van der Waals surface area contributed by atoms with Gasteiger partial charge in [0.25, 0.3) is 0 Å². The molecule has 4 heteroatoms. The summed E-state index contributed by atoms with van der Waals surface area (Å²) in [4.78, 5) is 22.2. The standard InChI is InChI=1S/C17H30N2O2.2CH4/c1-12(20)18-16-7-3-14(4-8-16)11-15-5-9-17(10-6-15)19-13(2)21;;/h14-17H,3-11H2,1-2H3,(H,18,20)(H,19,21);2*1H4. The van der Waals surface area contributed by atoms with Crippen LogP contribution in [-0.2, 0) is 9.59 Å². The van der Waals surface area contributed by atoms with Gasteiger partial charge in [0.2, 0.25) is 11.8 Å². The van der Waals surface area contributed by atoms with E-state index < -0.39 is 0 Å². The van der Waals surface area contributed by atoms with Crippen LogP contribution in [0, 0.1) is 11.8 Å². The normalized spacial score (nSPS) is 30.3. The Morgan fingerprint density at radius 3 is 1.26 bits per heavy atom. The first-order valence-corrected chi connectivity index (χ1v) is 8.57. The molecule has 2 aliphatic carbocycles. The first-order valence-electron chi connectivity index (χ1n) is 8.57. The Kier molecular flexibility index (Phi) is 10.2. The Morgan fingerprint density at radius 1 is 0.696 bits per heavy atom. The largest absolute Gasteiger partial charge is 0.354 e. The van der Waals surface area contributed by atoms with E-state index in [4.69, 9.17) is 0 Å². The average molecular weight is 327 g/mol. The molecule has 0 aromatic rings. The van der Waals surface area contributed by atoms with Crippen LogP contribution in [0.15, 0.2) is 0 Å². The molecule has 2 amide bonds. The molecular weight excluding hydrogens is 288 g/mol. The van der Waals surface area contributed by atoms with Crippen LogP contribution in [-0.4, -0.2) is 23.9 Å². The van der Waals surface area contributed by atoms with E-state index in [1.54, 1.807) is 13.8 Å². The highest BCUT2D eigenvalue weighted by molar-refractivity contribution is 5.73. The van der Waals surface area contributed by atoms with E-state index in [0.717, 1.165) is 37.5 Å². The van der Waals surface area contributed by atoms with Crippen molar-refractivity contribution in [3.05, 3.63) is 0 Å². The van der Waals surface area contributed by atoms with Gasteiger partial charge in [-0.2, -0.15) is 0 Å². The third-order valence-corrected chi connectivity index (χ3v) is 5.17. The Labute approximate surface area is 143 Å². The highest BCUT2D eigenvalue weighted by Crippen LogP contribution is 2.35. The van der Waals surface area contributed by atoms with E-state index in [0.29, 0.717) is 12.1 Å². The lowest BCUT2D eigenvalue weighted by atomic mass is 9.75. The van der Waals surface area contributed by atoms with Crippen molar-refractivity contribution in [1.29, 1.82) is 0 Å². The first-order chi connectivity index (χ1) is 10.0. The van der Waals surface area contributed by atoms with Gasteiger partial charge in [-0.15, -0.1) is 0 Å². The van der Waals surface area contributed by atoms with E-state index in [2.05, 4.69) is 10.6 Å². The molecular formula is C19H38N2O2. The maximum absolute atomic E-state index is 11.1. The minimum Gasteiger partial charge on any atom is -0.354 e. The number of amides is 2. The van der Waals surface area contributed by atoms with Gasteiger partial charge in [0, 0.05) is 25.9 Å². The van der Waals surface area contributed by atoms with Crippen LogP contribution in [0.2, 0.25) is 0 Å². The van der Waals surface area contributed by atoms with Gasteiger partial charge in [-0.05, 0) is 69.6 Å². The molecule has 4 nitrogen and oxygen atoms in total. The Morgan fingerprint density at radius 2 is 1.00 bits per heavy atom. The second kappa shape index (κ2) is 10.7. The number of carbonyl (C=O) groups excluding carboxylic acids is 2. The van der Waals surface area contributed by atoms with Crippen molar-refractivity contribution in [3.8, 4) is 0 Å². The molecule has 0 radical (unpaired) electrons. The van der Waals surface area contributed by atoms with Crippen LogP contribution in [0.25, 0.3) is 0 Å². The molecule has 0 saturated heterocycles. The predicted molar refractivity (Wildman–Crippen MR) is 97.2 cm³/mol. The van der Waals surface area contributed by atoms with Crippen LogP contribution in [0.5, 0.6) is 0 Å². The first kappa shape index (κ1) is 21.9. The van der Waals surface area contributed by atoms with Crippen molar-refractivity contribution in [2.24, 2.45) is 11.8 Å². The maximum atomic E-state index is 11.1. The summed E-state index contributed by atoms with van der Waals surface area (Å²) in [7, 11) is 0. The summed E-state index contributed by atoms with van der Waals surface area (Å²) in [6.07, 6.45) is 11.0. The zero-order valence-corrected chi connectivity index (χ0v) is 13.5. The monoisotopic (exact) mass is 326 g/mol. The summed E-state index contributed by atoms with van der Waals surface area (Å²) < 4.78 is 0. The van der Waals surface area contributed by atoms with Crippen LogP contribution < -0.4 is 10.6 Å². The second-order valence-electron chi connectivity index (χ2n) is 7.07. The molecule has 0 aromatic heterocycles. The second-order valence-corrected chi connectivity index (χ2v) is 7.07. The fourth-order valence-electron chi connectivity index (χ4n) is 4.13. The van der Waals surface area contributed by atoms with Crippen molar-refractivity contribution in [1.82, 2.24) is 10.6 Å². The van der Waals surface area contributed by atoms with E-state index in [9.17, 15) is 9.59 Å². The number of hydrogen-bond acceptors (Lipinski definition) is 2. The molecule has 0 heterocycles. The maximum Gasteiger partial charge on any atom is 0.217 e. The molecule has 0 atom stereocenters. The highest BCUT2D eigenvalue weighted by Gasteiger charge is 2.27. The van der Waals surface area contributed by atoms with Gasteiger partial charge in [0.05, 0.1) is 0 Å². The minimum atomic E-state index is 0. The van der Waals surface area contributed by atoms with Gasteiger partial charge in [0.1, 0.15) is 0 Å². The summed E-state index contributed by atoms with van der Waals surface area (Å²) in [6.45, 7) is 3.22. The van der Waals surface area contributed by atoms with Crippen molar-refractivity contribution in [2.75, 3.05) is 0 Å². The Bertz CT molecular complexity index is 320. The van der Waals surface area contributed by atoms with Crippen LogP contribution >= 0.6 is 0 Å². The molecule has 0 aromatic carbocycles. The van der Waals surface area contributed by atoms with E-state index in [-0.39, 0.29) is 26.7 Å². The van der Waals surface area contributed by atoms with Gasteiger partial charge in [0.15, 0.2) is 0 Å². The lowest BCUT2D eigenvalue weighted by molar-refractivity contribution is -0.120. The lowest BCUT2D eigenvalue weighted by Crippen LogP contribution is -2.37. The molecule has 2 N–H and O–H groups in total. The molecule has 0 spiro atoms. The fourth-order valence-corrected chi connectivity index (χ4v) is 4.13.